The molecule has 0 fully saturated rings. The van der Waals surface area contributed by atoms with Crippen molar-refractivity contribution in [2.24, 2.45) is 0 Å². The van der Waals surface area contributed by atoms with Crippen molar-refractivity contribution in [1.29, 1.82) is 0 Å². The highest BCUT2D eigenvalue weighted by Crippen LogP contribution is 2.27. The van der Waals surface area contributed by atoms with E-state index in [4.69, 9.17) is 16.3 Å². The van der Waals surface area contributed by atoms with Gasteiger partial charge in [-0.2, -0.15) is 0 Å². The van der Waals surface area contributed by atoms with E-state index in [1.165, 1.54) is 16.2 Å². The molecule has 7 heteroatoms. The number of amides is 1. The highest BCUT2D eigenvalue weighted by atomic mass is 35.5. The lowest BCUT2D eigenvalue weighted by Crippen LogP contribution is -2.28. The summed E-state index contributed by atoms with van der Waals surface area (Å²) in [4.78, 5) is 17.9. The van der Waals surface area contributed by atoms with Gasteiger partial charge in [0, 0.05) is 17.5 Å². The first-order valence-electron chi connectivity index (χ1n) is 6.10. The summed E-state index contributed by atoms with van der Waals surface area (Å²) >= 11 is 7.40. The van der Waals surface area contributed by atoms with Crippen molar-refractivity contribution in [2.45, 2.75) is 13.0 Å². The molecule has 1 amide bonds. The molecular formula is C13H12ClN3O2S. The van der Waals surface area contributed by atoms with Crippen LogP contribution in [0.2, 0.25) is 5.15 Å². The molecule has 0 aromatic carbocycles. The highest BCUT2D eigenvalue weighted by Gasteiger charge is 2.17. The summed E-state index contributed by atoms with van der Waals surface area (Å²) in [6.45, 7) is 1.30. The Morgan fingerprint density at radius 3 is 3.20 bits per heavy atom. The number of nitrogens with one attached hydrogen (secondary N) is 2. The lowest BCUT2D eigenvalue weighted by molar-refractivity contribution is 0.0966. The number of nitrogens with zero attached hydrogens (tertiary/aromatic N) is 1. The van der Waals surface area contributed by atoms with E-state index in [0.29, 0.717) is 22.3 Å². The monoisotopic (exact) mass is 309 g/mol. The number of hydrogen-bond acceptors (Lipinski definition) is 5. The smallest absolute Gasteiger partial charge is 0.279 e. The van der Waals surface area contributed by atoms with Crippen molar-refractivity contribution >= 4 is 34.5 Å². The van der Waals surface area contributed by atoms with Crippen molar-refractivity contribution in [2.75, 3.05) is 12.0 Å². The molecule has 0 saturated carbocycles. The maximum absolute atomic E-state index is 12.1. The second kappa shape index (κ2) is 5.78. The number of fused-ring (bicyclic) bond motifs is 1. The largest absolute Gasteiger partial charge is 0.376 e. The molecular weight excluding hydrogens is 298 g/mol. The first-order valence-corrected chi connectivity index (χ1v) is 7.29. The van der Waals surface area contributed by atoms with Gasteiger partial charge in [-0.3, -0.25) is 15.6 Å². The van der Waals surface area contributed by atoms with Gasteiger partial charge in [-0.25, -0.2) is 4.98 Å². The lowest BCUT2D eigenvalue weighted by Gasteiger charge is -2.10. The van der Waals surface area contributed by atoms with E-state index in [9.17, 15) is 4.79 Å². The molecule has 2 aromatic heterocycles. The normalized spacial score (nSPS) is 13.7. The van der Waals surface area contributed by atoms with Gasteiger partial charge in [-0.05, 0) is 23.8 Å². The van der Waals surface area contributed by atoms with Gasteiger partial charge in [0.15, 0.2) is 5.15 Å². The maximum Gasteiger partial charge on any atom is 0.279 e. The van der Waals surface area contributed by atoms with E-state index in [1.807, 2.05) is 6.07 Å². The Labute approximate surface area is 124 Å². The van der Waals surface area contributed by atoms with Crippen LogP contribution in [-0.4, -0.2) is 17.5 Å². The second-order valence-electron chi connectivity index (χ2n) is 4.28. The molecule has 2 aromatic rings. The molecule has 104 valence electrons. The van der Waals surface area contributed by atoms with Gasteiger partial charge in [0.25, 0.3) is 5.91 Å². The van der Waals surface area contributed by atoms with Crippen LogP contribution in [0.15, 0.2) is 24.4 Å². The number of halogens is 1. The van der Waals surface area contributed by atoms with Crippen molar-refractivity contribution in [3.8, 4) is 0 Å². The average Bonchev–Trinajstić information content (AvgIpc) is 2.90. The predicted molar refractivity (Wildman–Crippen MR) is 78.0 cm³/mol. The summed E-state index contributed by atoms with van der Waals surface area (Å²) < 4.78 is 5.37. The van der Waals surface area contributed by atoms with Gasteiger partial charge in [-0.1, -0.05) is 11.6 Å². The first kappa shape index (κ1) is 13.4. The molecule has 0 radical (unpaired) electrons. The molecule has 5 nitrogen and oxygen atoms in total. The number of thiophene rings is 1. The SMILES string of the molecule is O=C(NNc1cccnc1Cl)c1cc2c(s1)CCOC2. The Hall–Kier alpha value is -1.63. The molecule has 0 unspecified atom stereocenters. The average molecular weight is 310 g/mol. The Morgan fingerprint density at radius 1 is 1.50 bits per heavy atom. The Kier molecular flexibility index (Phi) is 3.86. The number of hydrogen-bond donors (Lipinski definition) is 2. The fourth-order valence-electron chi connectivity index (χ4n) is 1.92. The zero-order chi connectivity index (χ0) is 13.9. The van der Waals surface area contributed by atoms with Crippen molar-refractivity contribution in [3.05, 3.63) is 44.9 Å². The molecule has 0 saturated heterocycles. The maximum atomic E-state index is 12.1. The van der Waals surface area contributed by atoms with Gasteiger partial charge < -0.3 is 4.74 Å². The number of pyridine rings is 1. The van der Waals surface area contributed by atoms with Gasteiger partial charge in [0.1, 0.15) is 0 Å². The number of rotatable bonds is 3. The third kappa shape index (κ3) is 2.77. The van der Waals surface area contributed by atoms with Crippen LogP contribution in [0.5, 0.6) is 0 Å². The Bertz CT molecular complexity index is 621. The Morgan fingerprint density at radius 2 is 2.40 bits per heavy atom. The fourth-order valence-corrected chi connectivity index (χ4v) is 3.14. The molecule has 2 N–H and O–H groups in total. The quantitative estimate of drug-likeness (QED) is 0.676. The lowest BCUT2D eigenvalue weighted by atomic mass is 10.2. The number of aromatic nitrogens is 1. The Balaban J connectivity index is 1.67. The minimum Gasteiger partial charge on any atom is -0.376 e. The third-order valence-electron chi connectivity index (χ3n) is 2.92. The summed E-state index contributed by atoms with van der Waals surface area (Å²) in [5, 5.41) is 0.312. The number of anilines is 1. The second-order valence-corrected chi connectivity index (χ2v) is 5.78. The number of ether oxygens (including phenoxy) is 1. The summed E-state index contributed by atoms with van der Waals surface area (Å²) in [7, 11) is 0. The zero-order valence-electron chi connectivity index (χ0n) is 10.5. The molecule has 1 aliphatic heterocycles. The zero-order valence-corrected chi connectivity index (χ0v) is 12.1. The highest BCUT2D eigenvalue weighted by molar-refractivity contribution is 7.14. The minimum absolute atomic E-state index is 0.190. The third-order valence-corrected chi connectivity index (χ3v) is 4.46. The van der Waals surface area contributed by atoms with Crippen LogP contribution in [0, 0.1) is 0 Å². The van der Waals surface area contributed by atoms with E-state index < -0.39 is 0 Å². The van der Waals surface area contributed by atoms with Gasteiger partial charge in [-0.15, -0.1) is 11.3 Å². The van der Waals surface area contributed by atoms with Crippen LogP contribution in [0.4, 0.5) is 5.69 Å². The van der Waals surface area contributed by atoms with Crippen LogP contribution >= 0.6 is 22.9 Å². The summed E-state index contributed by atoms with van der Waals surface area (Å²) in [5.74, 6) is -0.190. The molecule has 0 bridgehead atoms. The molecule has 1 aliphatic rings. The van der Waals surface area contributed by atoms with Gasteiger partial charge in [0.05, 0.1) is 23.8 Å². The van der Waals surface area contributed by atoms with Crippen LogP contribution in [0.25, 0.3) is 0 Å². The fraction of sp³-hybridized carbons (Fsp3) is 0.231. The number of carbonyl (C=O) groups is 1. The summed E-state index contributed by atoms with van der Waals surface area (Å²) in [6, 6.07) is 5.35. The number of hydrazine groups is 1. The summed E-state index contributed by atoms with van der Waals surface area (Å²) in [5.41, 5.74) is 7.06. The van der Waals surface area contributed by atoms with Crippen LogP contribution in [0.1, 0.15) is 20.1 Å². The first-order chi connectivity index (χ1) is 9.74. The van der Waals surface area contributed by atoms with Crippen LogP contribution < -0.4 is 10.9 Å². The predicted octanol–water partition coefficient (Wildman–Crippen LogP) is 2.63. The van der Waals surface area contributed by atoms with E-state index in [1.54, 1.807) is 18.3 Å². The molecule has 0 aliphatic carbocycles. The number of carbonyl (C=O) groups excluding carboxylic acids is 1. The standard InChI is InChI=1S/C13H12ClN3O2S/c14-12-9(2-1-4-15-12)16-17-13(18)11-6-8-7-19-5-3-10(8)20-11/h1-2,4,6,16H,3,5,7H2,(H,17,18). The van der Waals surface area contributed by atoms with E-state index in [-0.39, 0.29) is 5.91 Å². The van der Waals surface area contributed by atoms with Crippen LogP contribution in [0.3, 0.4) is 0 Å². The van der Waals surface area contributed by atoms with Crippen LogP contribution in [-0.2, 0) is 17.8 Å². The van der Waals surface area contributed by atoms with E-state index in [2.05, 4.69) is 15.8 Å². The van der Waals surface area contributed by atoms with E-state index >= 15 is 0 Å². The summed E-state index contributed by atoms with van der Waals surface area (Å²) in [6.07, 6.45) is 2.46. The molecule has 3 heterocycles. The topological polar surface area (TPSA) is 63.2 Å². The van der Waals surface area contributed by atoms with E-state index in [0.717, 1.165) is 18.6 Å². The van der Waals surface area contributed by atoms with Gasteiger partial charge >= 0.3 is 0 Å². The molecule has 20 heavy (non-hydrogen) atoms. The van der Waals surface area contributed by atoms with Gasteiger partial charge in [0.2, 0.25) is 0 Å². The molecule has 0 atom stereocenters. The van der Waals surface area contributed by atoms with Crippen molar-refractivity contribution < 1.29 is 9.53 Å². The molecule has 3 rings (SSSR count). The van der Waals surface area contributed by atoms with Crippen molar-refractivity contribution in [1.82, 2.24) is 10.4 Å². The molecule has 0 spiro atoms. The van der Waals surface area contributed by atoms with Crippen molar-refractivity contribution in [3.63, 3.8) is 0 Å². The minimum atomic E-state index is -0.190.